The van der Waals surface area contributed by atoms with Crippen LogP contribution in [-0.4, -0.2) is 11.8 Å². The normalized spacial score (nSPS) is 16.2. The van der Waals surface area contributed by atoms with Crippen molar-refractivity contribution in [1.82, 2.24) is 5.32 Å². The molecule has 2 aromatic rings. The molecule has 1 N–H and O–H groups in total. The molecule has 7 heteroatoms. The molecular weight excluding hydrogens is 371 g/mol. The maximum atomic E-state index is 12.9. The minimum atomic E-state index is -0.855. The molecule has 0 radical (unpaired) electrons. The number of hydrogen-bond donors (Lipinski definition) is 1. The molecule has 2 aromatic carbocycles. The molecule has 1 unspecified atom stereocenters. The van der Waals surface area contributed by atoms with Gasteiger partial charge in [0.25, 0.3) is 5.91 Å². The molecule has 4 nitrogen and oxygen atoms in total. The number of rotatable bonds is 3. The lowest BCUT2D eigenvalue weighted by molar-refractivity contribution is -0.126. The van der Waals surface area contributed by atoms with Gasteiger partial charge in [-0.15, -0.1) is 0 Å². The summed E-state index contributed by atoms with van der Waals surface area (Å²) in [5.74, 6) is -0.620. The van der Waals surface area contributed by atoms with Gasteiger partial charge in [0.2, 0.25) is 5.91 Å². The zero-order valence-corrected chi connectivity index (χ0v) is 14.9. The third-order valence-electron chi connectivity index (χ3n) is 3.82. The van der Waals surface area contributed by atoms with E-state index in [4.69, 9.17) is 34.8 Å². The van der Waals surface area contributed by atoms with Crippen molar-refractivity contribution in [2.75, 3.05) is 4.90 Å². The monoisotopic (exact) mass is 382 g/mol. The van der Waals surface area contributed by atoms with Gasteiger partial charge in [0.15, 0.2) is 0 Å². The standard InChI is InChI=1S/C17H13Cl3N2O2/c1-9(23)21-15-14-12(19)6-7-13(20)16(14)22(17(15)24)8-10-4-2-3-5-11(10)18/h2-7,15H,8H2,1H3,(H,21,23). The Balaban J connectivity index is 2.09. The number of nitrogens with one attached hydrogen (secondary N) is 1. The van der Waals surface area contributed by atoms with E-state index in [9.17, 15) is 9.59 Å². The van der Waals surface area contributed by atoms with Gasteiger partial charge in [-0.2, -0.15) is 0 Å². The molecule has 0 aromatic heterocycles. The second-order valence-corrected chi connectivity index (χ2v) is 6.66. The number of amides is 2. The second kappa shape index (κ2) is 6.63. The lowest BCUT2D eigenvalue weighted by Crippen LogP contribution is -2.36. The van der Waals surface area contributed by atoms with Crippen LogP contribution in [0.3, 0.4) is 0 Å². The van der Waals surface area contributed by atoms with Crippen LogP contribution in [0, 0.1) is 0 Å². The first-order chi connectivity index (χ1) is 11.4. The number of fused-ring (bicyclic) bond motifs is 1. The van der Waals surface area contributed by atoms with Gasteiger partial charge in [0.1, 0.15) is 6.04 Å². The van der Waals surface area contributed by atoms with E-state index in [1.807, 2.05) is 18.2 Å². The van der Waals surface area contributed by atoms with E-state index in [0.717, 1.165) is 5.56 Å². The van der Waals surface area contributed by atoms with Crippen molar-refractivity contribution < 1.29 is 9.59 Å². The van der Waals surface area contributed by atoms with Crippen LogP contribution < -0.4 is 10.2 Å². The average molecular weight is 384 g/mol. The number of halogens is 3. The number of hydrogen-bond acceptors (Lipinski definition) is 2. The Bertz CT molecular complexity index is 839. The van der Waals surface area contributed by atoms with E-state index >= 15 is 0 Å². The number of nitrogens with zero attached hydrogens (tertiary/aromatic N) is 1. The van der Waals surface area contributed by atoms with Gasteiger partial charge in [-0.1, -0.05) is 53.0 Å². The molecule has 1 atom stereocenters. The van der Waals surface area contributed by atoms with Gasteiger partial charge < -0.3 is 10.2 Å². The molecule has 1 aliphatic heterocycles. The van der Waals surface area contributed by atoms with E-state index in [1.54, 1.807) is 18.2 Å². The predicted molar refractivity (Wildman–Crippen MR) is 95.7 cm³/mol. The highest BCUT2D eigenvalue weighted by Crippen LogP contribution is 2.45. The van der Waals surface area contributed by atoms with Crippen LogP contribution in [0.1, 0.15) is 24.1 Å². The van der Waals surface area contributed by atoms with Crippen LogP contribution in [0.5, 0.6) is 0 Å². The molecule has 0 saturated carbocycles. The minimum Gasteiger partial charge on any atom is -0.341 e. The Morgan fingerprint density at radius 1 is 1.08 bits per heavy atom. The molecule has 0 aliphatic carbocycles. The minimum absolute atomic E-state index is 0.238. The van der Waals surface area contributed by atoms with E-state index < -0.39 is 6.04 Å². The van der Waals surface area contributed by atoms with Crippen LogP contribution in [-0.2, 0) is 16.1 Å². The molecule has 0 fully saturated rings. The van der Waals surface area contributed by atoms with Crippen LogP contribution in [0.4, 0.5) is 5.69 Å². The molecule has 0 saturated heterocycles. The Kier molecular flexibility index (Phi) is 4.72. The molecule has 2 amide bonds. The van der Waals surface area contributed by atoms with E-state index in [-0.39, 0.29) is 18.4 Å². The van der Waals surface area contributed by atoms with Gasteiger partial charge in [-0.25, -0.2) is 0 Å². The van der Waals surface area contributed by atoms with Crippen molar-refractivity contribution in [2.24, 2.45) is 0 Å². The van der Waals surface area contributed by atoms with Gasteiger partial charge in [0, 0.05) is 22.5 Å². The predicted octanol–water partition coefficient (Wildman–Crippen LogP) is 4.37. The second-order valence-electron chi connectivity index (χ2n) is 5.44. The summed E-state index contributed by atoms with van der Waals surface area (Å²) < 4.78 is 0. The van der Waals surface area contributed by atoms with Crippen molar-refractivity contribution in [2.45, 2.75) is 19.5 Å². The first kappa shape index (κ1) is 17.1. The summed E-state index contributed by atoms with van der Waals surface area (Å²) in [7, 11) is 0. The van der Waals surface area contributed by atoms with E-state index in [2.05, 4.69) is 5.32 Å². The fourth-order valence-corrected chi connectivity index (χ4v) is 3.51. The summed E-state index contributed by atoms with van der Waals surface area (Å²) >= 11 is 18.8. The lowest BCUT2D eigenvalue weighted by atomic mass is 10.1. The number of carbonyl (C=O) groups is 2. The molecule has 1 aliphatic rings. The first-order valence-corrected chi connectivity index (χ1v) is 8.33. The summed E-state index contributed by atoms with van der Waals surface area (Å²) in [6.07, 6.45) is 0. The summed E-state index contributed by atoms with van der Waals surface area (Å²) in [5, 5.41) is 3.96. The summed E-state index contributed by atoms with van der Waals surface area (Å²) in [5.41, 5.74) is 1.79. The number of carbonyl (C=O) groups excluding carboxylic acids is 2. The fourth-order valence-electron chi connectivity index (χ4n) is 2.79. The van der Waals surface area contributed by atoms with Gasteiger partial charge in [-0.05, 0) is 23.8 Å². The van der Waals surface area contributed by atoms with Crippen LogP contribution in [0.2, 0.25) is 15.1 Å². The zero-order valence-electron chi connectivity index (χ0n) is 12.6. The van der Waals surface area contributed by atoms with Crippen molar-refractivity contribution >= 4 is 52.3 Å². The summed E-state index contributed by atoms with van der Waals surface area (Å²) in [6, 6.07) is 9.63. The quantitative estimate of drug-likeness (QED) is 0.855. The fraction of sp³-hybridized carbons (Fsp3) is 0.176. The Hall–Kier alpha value is -1.75. The largest absolute Gasteiger partial charge is 0.341 e. The molecule has 0 bridgehead atoms. The molecular formula is C17H13Cl3N2O2. The summed E-state index contributed by atoms with van der Waals surface area (Å²) in [6.45, 7) is 1.59. The SMILES string of the molecule is CC(=O)NC1C(=O)N(Cc2ccccc2Cl)c2c(Cl)ccc(Cl)c21. The van der Waals surface area contributed by atoms with Crippen molar-refractivity contribution in [3.63, 3.8) is 0 Å². The maximum absolute atomic E-state index is 12.9. The van der Waals surface area contributed by atoms with Gasteiger partial charge in [0.05, 0.1) is 17.3 Å². The average Bonchev–Trinajstić information content (AvgIpc) is 2.79. The highest BCUT2D eigenvalue weighted by molar-refractivity contribution is 6.38. The topological polar surface area (TPSA) is 49.4 Å². The number of anilines is 1. The Morgan fingerprint density at radius 2 is 1.75 bits per heavy atom. The van der Waals surface area contributed by atoms with Crippen molar-refractivity contribution in [3.8, 4) is 0 Å². The Labute approximate surface area is 154 Å². The van der Waals surface area contributed by atoms with Crippen LogP contribution in [0.15, 0.2) is 36.4 Å². The third-order valence-corrected chi connectivity index (χ3v) is 4.82. The highest BCUT2D eigenvalue weighted by atomic mass is 35.5. The molecule has 1 heterocycles. The maximum Gasteiger partial charge on any atom is 0.254 e. The highest BCUT2D eigenvalue weighted by Gasteiger charge is 2.41. The molecule has 0 spiro atoms. The van der Waals surface area contributed by atoms with E-state index in [1.165, 1.54) is 11.8 Å². The third kappa shape index (κ3) is 2.97. The van der Waals surface area contributed by atoms with Crippen LogP contribution >= 0.6 is 34.8 Å². The van der Waals surface area contributed by atoms with Crippen molar-refractivity contribution in [1.29, 1.82) is 0 Å². The first-order valence-electron chi connectivity index (χ1n) is 7.20. The molecule has 24 heavy (non-hydrogen) atoms. The number of benzene rings is 2. The molecule has 124 valence electrons. The Morgan fingerprint density at radius 3 is 2.42 bits per heavy atom. The molecule has 3 rings (SSSR count). The lowest BCUT2D eigenvalue weighted by Gasteiger charge is -2.19. The van der Waals surface area contributed by atoms with Gasteiger partial charge >= 0.3 is 0 Å². The van der Waals surface area contributed by atoms with Crippen LogP contribution in [0.25, 0.3) is 0 Å². The zero-order chi connectivity index (χ0) is 17.4. The smallest absolute Gasteiger partial charge is 0.254 e. The van der Waals surface area contributed by atoms with Gasteiger partial charge in [-0.3, -0.25) is 9.59 Å². The van der Waals surface area contributed by atoms with E-state index in [0.29, 0.717) is 26.3 Å². The van der Waals surface area contributed by atoms with Crippen molar-refractivity contribution in [3.05, 3.63) is 62.6 Å². The summed E-state index contributed by atoms with van der Waals surface area (Å²) in [4.78, 5) is 25.9.